The third-order valence-electron chi connectivity index (χ3n) is 3.51. The van der Waals surface area contributed by atoms with Crippen LogP contribution in [0.3, 0.4) is 0 Å². The number of ether oxygens (including phenoxy) is 1. The molecule has 1 aromatic carbocycles. The van der Waals surface area contributed by atoms with Gasteiger partial charge in [0.2, 0.25) is 10.0 Å². The summed E-state index contributed by atoms with van der Waals surface area (Å²) in [6, 6.07) is 4.36. The van der Waals surface area contributed by atoms with Gasteiger partial charge in [-0.3, -0.25) is 4.79 Å². The number of carbonyl (C=O) groups excluding carboxylic acids is 1. The van der Waals surface area contributed by atoms with Crippen molar-refractivity contribution in [3.8, 4) is 0 Å². The van der Waals surface area contributed by atoms with Gasteiger partial charge in [-0.05, 0) is 38.0 Å². The molecule has 1 aliphatic heterocycles. The number of amides is 1. The monoisotopic (exact) mass is 312 g/mol. The summed E-state index contributed by atoms with van der Waals surface area (Å²) in [4.78, 5) is 14.3. The fourth-order valence-electron chi connectivity index (χ4n) is 2.36. The first-order valence-electron chi connectivity index (χ1n) is 6.83. The Morgan fingerprint density at radius 3 is 2.81 bits per heavy atom. The van der Waals surface area contributed by atoms with Gasteiger partial charge in [0.15, 0.2) is 0 Å². The third kappa shape index (κ3) is 3.81. The molecule has 116 valence electrons. The van der Waals surface area contributed by atoms with Crippen LogP contribution in [0.1, 0.15) is 29.3 Å². The molecule has 0 radical (unpaired) electrons. The summed E-state index contributed by atoms with van der Waals surface area (Å²) in [5.74, 6) is -0.185. The molecule has 6 nitrogen and oxygen atoms in total. The number of hydrogen-bond acceptors (Lipinski definition) is 4. The van der Waals surface area contributed by atoms with Crippen molar-refractivity contribution >= 4 is 15.9 Å². The maximum atomic E-state index is 12.6. The summed E-state index contributed by atoms with van der Waals surface area (Å²) in [6.07, 6.45) is 0.738. The summed E-state index contributed by atoms with van der Waals surface area (Å²) >= 11 is 0. The van der Waals surface area contributed by atoms with Gasteiger partial charge >= 0.3 is 0 Å². The van der Waals surface area contributed by atoms with Crippen molar-refractivity contribution in [1.29, 1.82) is 0 Å². The summed E-state index contributed by atoms with van der Waals surface area (Å²) in [6.45, 7) is 5.42. The summed E-state index contributed by atoms with van der Waals surface area (Å²) in [5, 5.41) is 5.13. The van der Waals surface area contributed by atoms with Gasteiger partial charge in [0.05, 0.1) is 11.0 Å². The molecule has 1 atom stereocenters. The predicted molar refractivity (Wildman–Crippen MR) is 78.5 cm³/mol. The minimum atomic E-state index is -3.82. The SMILES string of the molecule is Cc1ccc(S(N)(=O)=O)cc1C(=O)N1CCCO[C@@H](C)C1. The molecule has 1 heterocycles. The number of aryl methyl sites for hydroxylation is 1. The molecule has 1 aromatic rings. The second-order valence-electron chi connectivity index (χ2n) is 5.31. The average molecular weight is 312 g/mol. The van der Waals surface area contributed by atoms with Gasteiger partial charge in [0.1, 0.15) is 0 Å². The van der Waals surface area contributed by atoms with E-state index in [1.807, 2.05) is 6.92 Å². The number of sulfonamides is 1. The van der Waals surface area contributed by atoms with E-state index in [1.165, 1.54) is 12.1 Å². The molecule has 0 spiro atoms. The Labute approximate surface area is 124 Å². The first-order chi connectivity index (χ1) is 9.79. The molecule has 0 bridgehead atoms. The van der Waals surface area contributed by atoms with Gasteiger partial charge in [0, 0.05) is 25.3 Å². The first kappa shape index (κ1) is 15.9. The van der Waals surface area contributed by atoms with Crippen LogP contribution in [-0.2, 0) is 14.8 Å². The maximum absolute atomic E-state index is 12.6. The highest BCUT2D eigenvalue weighted by Gasteiger charge is 2.23. The minimum absolute atomic E-state index is 0.0295. The molecule has 0 unspecified atom stereocenters. The number of nitrogens with zero attached hydrogens (tertiary/aromatic N) is 1. The number of carbonyl (C=O) groups is 1. The van der Waals surface area contributed by atoms with Crippen LogP contribution in [0.25, 0.3) is 0 Å². The molecule has 1 amide bonds. The van der Waals surface area contributed by atoms with Crippen LogP contribution in [0.4, 0.5) is 0 Å². The Morgan fingerprint density at radius 2 is 2.14 bits per heavy atom. The lowest BCUT2D eigenvalue weighted by atomic mass is 10.1. The van der Waals surface area contributed by atoms with Crippen molar-refractivity contribution in [1.82, 2.24) is 4.90 Å². The zero-order valence-corrected chi connectivity index (χ0v) is 13.0. The lowest BCUT2D eigenvalue weighted by molar-refractivity contribution is 0.0562. The summed E-state index contributed by atoms with van der Waals surface area (Å²) < 4.78 is 28.4. The van der Waals surface area contributed by atoms with Gasteiger partial charge in [-0.25, -0.2) is 13.6 Å². The van der Waals surface area contributed by atoms with E-state index in [1.54, 1.807) is 17.9 Å². The number of primary sulfonamides is 1. The van der Waals surface area contributed by atoms with Crippen LogP contribution >= 0.6 is 0 Å². The number of rotatable bonds is 2. The largest absolute Gasteiger partial charge is 0.377 e. The normalized spacial score (nSPS) is 20.1. The van der Waals surface area contributed by atoms with Crippen molar-refractivity contribution in [2.24, 2.45) is 5.14 Å². The zero-order chi connectivity index (χ0) is 15.6. The molecule has 0 aromatic heterocycles. The van der Waals surface area contributed by atoms with E-state index in [9.17, 15) is 13.2 Å². The van der Waals surface area contributed by atoms with Crippen molar-refractivity contribution in [3.05, 3.63) is 29.3 Å². The number of nitrogens with two attached hydrogens (primary N) is 1. The van der Waals surface area contributed by atoms with Crippen LogP contribution in [0.5, 0.6) is 0 Å². The highest BCUT2D eigenvalue weighted by Crippen LogP contribution is 2.18. The van der Waals surface area contributed by atoms with E-state index < -0.39 is 10.0 Å². The third-order valence-corrected chi connectivity index (χ3v) is 4.42. The van der Waals surface area contributed by atoms with Crippen molar-refractivity contribution in [3.63, 3.8) is 0 Å². The van der Waals surface area contributed by atoms with Gasteiger partial charge in [0.25, 0.3) is 5.91 Å². The van der Waals surface area contributed by atoms with Crippen LogP contribution in [0.15, 0.2) is 23.1 Å². The Kier molecular flexibility index (Phi) is 4.65. The molecular formula is C14H20N2O4S. The molecule has 0 aliphatic carbocycles. The first-order valence-corrected chi connectivity index (χ1v) is 8.38. The van der Waals surface area contributed by atoms with Crippen LogP contribution < -0.4 is 5.14 Å². The zero-order valence-electron chi connectivity index (χ0n) is 12.2. The molecule has 0 saturated carbocycles. The molecule has 1 fully saturated rings. The fourth-order valence-corrected chi connectivity index (χ4v) is 2.90. The van der Waals surface area contributed by atoms with Crippen molar-refractivity contribution in [2.45, 2.75) is 31.3 Å². The van der Waals surface area contributed by atoms with E-state index in [4.69, 9.17) is 9.88 Å². The Hall–Kier alpha value is -1.44. The van der Waals surface area contributed by atoms with Gasteiger partial charge in [-0.15, -0.1) is 0 Å². The Morgan fingerprint density at radius 1 is 1.43 bits per heavy atom. The highest BCUT2D eigenvalue weighted by molar-refractivity contribution is 7.89. The van der Waals surface area contributed by atoms with Crippen LogP contribution in [0.2, 0.25) is 0 Å². The number of benzene rings is 1. The van der Waals surface area contributed by atoms with Crippen LogP contribution in [-0.4, -0.2) is 45.0 Å². The van der Waals surface area contributed by atoms with E-state index in [0.717, 1.165) is 12.0 Å². The lowest BCUT2D eigenvalue weighted by Crippen LogP contribution is -2.36. The highest BCUT2D eigenvalue weighted by atomic mass is 32.2. The fraction of sp³-hybridized carbons (Fsp3) is 0.500. The standard InChI is InChI=1S/C14H20N2O4S/c1-10-4-5-12(21(15,18)19)8-13(10)14(17)16-6-3-7-20-11(2)9-16/h4-5,8,11H,3,6-7,9H2,1-2H3,(H2,15,18,19)/t11-/m0/s1. The molecular weight excluding hydrogens is 292 g/mol. The molecule has 21 heavy (non-hydrogen) atoms. The molecule has 2 N–H and O–H groups in total. The predicted octanol–water partition coefficient (Wildman–Crippen LogP) is 0.893. The second kappa shape index (κ2) is 6.13. The topological polar surface area (TPSA) is 89.7 Å². The quantitative estimate of drug-likeness (QED) is 0.878. The molecule has 1 saturated heterocycles. The maximum Gasteiger partial charge on any atom is 0.254 e. The molecule has 1 aliphatic rings. The Balaban J connectivity index is 2.34. The van der Waals surface area contributed by atoms with E-state index >= 15 is 0 Å². The molecule has 7 heteroatoms. The van der Waals surface area contributed by atoms with Gasteiger partial charge in [-0.2, -0.15) is 0 Å². The Bertz CT molecular complexity index is 642. The van der Waals surface area contributed by atoms with Crippen molar-refractivity contribution in [2.75, 3.05) is 19.7 Å². The smallest absolute Gasteiger partial charge is 0.254 e. The lowest BCUT2D eigenvalue weighted by Gasteiger charge is -2.23. The number of hydrogen-bond donors (Lipinski definition) is 1. The van der Waals surface area contributed by atoms with E-state index in [0.29, 0.717) is 25.3 Å². The van der Waals surface area contributed by atoms with E-state index in [-0.39, 0.29) is 16.9 Å². The van der Waals surface area contributed by atoms with Crippen molar-refractivity contribution < 1.29 is 17.9 Å². The van der Waals surface area contributed by atoms with Gasteiger partial charge in [-0.1, -0.05) is 6.07 Å². The van der Waals surface area contributed by atoms with Crippen LogP contribution in [0, 0.1) is 6.92 Å². The molecule has 2 rings (SSSR count). The summed E-state index contributed by atoms with van der Waals surface area (Å²) in [7, 11) is -3.82. The van der Waals surface area contributed by atoms with Gasteiger partial charge < -0.3 is 9.64 Å². The summed E-state index contributed by atoms with van der Waals surface area (Å²) in [5.41, 5.74) is 1.10. The minimum Gasteiger partial charge on any atom is -0.377 e. The average Bonchev–Trinajstić information content (AvgIpc) is 2.62. The van der Waals surface area contributed by atoms with E-state index in [2.05, 4.69) is 0 Å². The second-order valence-corrected chi connectivity index (χ2v) is 6.87.